The maximum Gasteiger partial charge on any atom is 0.338 e. The highest BCUT2D eigenvalue weighted by atomic mass is 32.2. The normalized spacial score (nSPS) is 16.6. The van der Waals surface area contributed by atoms with Crippen LogP contribution in [0.15, 0.2) is 69.6 Å². The van der Waals surface area contributed by atoms with Crippen molar-refractivity contribution < 1.29 is 13.9 Å². The Kier molecular flexibility index (Phi) is 6.13. The maximum atomic E-state index is 13.0. The molecule has 7 heteroatoms. The summed E-state index contributed by atoms with van der Waals surface area (Å²) in [6.07, 6.45) is 0. The first kappa shape index (κ1) is 19.4. The van der Waals surface area contributed by atoms with Gasteiger partial charge in [-0.15, -0.1) is 0 Å². The average Bonchev–Trinajstić information content (AvgIpc) is 2.64. The molecule has 0 radical (unpaired) electrons. The molecule has 0 spiro atoms. The minimum Gasteiger partial charge on any atom is -0.463 e. The lowest BCUT2D eigenvalue weighted by atomic mass is 9.96. The fraction of sp³-hybridized carbons (Fsp3) is 0.200. The molecule has 1 atom stereocenters. The number of halogens is 1. The minimum absolute atomic E-state index is 0.253. The molecular weight excluding hydrogens is 383 g/mol. The summed E-state index contributed by atoms with van der Waals surface area (Å²) in [6.45, 7) is 3.89. The van der Waals surface area contributed by atoms with Gasteiger partial charge in [-0.1, -0.05) is 23.9 Å². The molecule has 3 rings (SSSR count). The Labute approximate surface area is 167 Å². The van der Waals surface area contributed by atoms with Gasteiger partial charge in [0, 0.05) is 15.5 Å². The molecular formula is C20H19FN2O2S2. The lowest BCUT2D eigenvalue weighted by molar-refractivity contribution is -0.139. The van der Waals surface area contributed by atoms with E-state index in [9.17, 15) is 9.18 Å². The number of nitrogens with one attached hydrogen (secondary N) is 2. The summed E-state index contributed by atoms with van der Waals surface area (Å²) >= 11 is 6.78. The third-order valence-electron chi connectivity index (χ3n) is 4.03. The van der Waals surface area contributed by atoms with Gasteiger partial charge in [0.1, 0.15) is 5.82 Å². The minimum atomic E-state index is -0.373. The predicted molar refractivity (Wildman–Crippen MR) is 108 cm³/mol. The molecule has 0 saturated heterocycles. The molecule has 27 heavy (non-hydrogen) atoms. The van der Waals surface area contributed by atoms with Crippen molar-refractivity contribution in [2.75, 3.05) is 6.61 Å². The molecule has 1 unspecified atom stereocenters. The van der Waals surface area contributed by atoms with Crippen LogP contribution in [0.2, 0.25) is 0 Å². The molecule has 0 fully saturated rings. The Morgan fingerprint density at radius 3 is 2.33 bits per heavy atom. The van der Waals surface area contributed by atoms with Gasteiger partial charge in [0.2, 0.25) is 0 Å². The molecule has 2 aromatic carbocycles. The number of carbonyl (C=O) groups is 1. The second-order valence-electron chi connectivity index (χ2n) is 5.92. The first-order valence-corrected chi connectivity index (χ1v) is 9.69. The third kappa shape index (κ3) is 4.67. The molecule has 140 valence electrons. The van der Waals surface area contributed by atoms with E-state index in [1.807, 2.05) is 31.2 Å². The third-order valence-corrected chi connectivity index (χ3v) is 5.26. The summed E-state index contributed by atoms with van der Waals surface area (Å²) in [4.78, 5) is 14.4. The van der Waals surface area contributed by atoms with E-state index >= 15 is 0 Å². The highest BCUT2D eigenvalue weighted by Gasteiger charge is 2.30. The number of benzene rings is 2. The van der Waals surface area contributed by atoms with E-state index in [0.29, 0.717) is 23.0 Å². The molecule has 2 N–H and O–H groups in total. The van der Waals surface area contributed by atoms with E-state index in [1.54, 1.807) is 19.1 Å². The van der Waals surface area contributed by atoms with Crippen LogP contribution < -0.4 is 10.6 Å². The van der Waals surface area contributed by atoms with E-state index in [4.69, 9.17) is 17.0 Å². The van der Waals surface area contributed by atoms with Crippen molar-refractivity contribution in [1.82, 2.24) is 10.6 Å². The van der Waals surface area contributed by atoms with Crippen LogP contribution in [0.3, 0.4) is 0 Å². The second-order valence-corrected chi connectivity index (χ2v) is 7.47. The van der Waals surface area contributed by atoms with E-state index in [0.717, 1.165) is 15.4 Å². The Bertz CT molecular complexity index is 880. The van der Waals surface area contributed by atoms with Gasteiger partial charge >= 0.3 is 5.97 Å². The fourth-order valence-corrected chi connectivity index (χ4v) is 3.88. The van der Waals surface area contributed by atoms with Crippen LogP contribution >= 0.6 is 24.0 Å². The van der Waals surface area contributed by atoms with Gasteiger partial charge in [0.05, 0.1) is 18.2 Å². The molecule has 2 aromatic rings. The zero-order chi connectivity index (χ0) is 19.4. The van der Waals surface area contributed by atoms with Crippen LogP contribution in [0.5, 0.6) is 0 Å². The standard InChI is InChI=1S/C20H19FN2O2S2/c1-3-25-19(24)17-12(2)22-20(26)23-18(17)13-4-8-15(9-5-13)27-16-10-6-14(21)7-11-16/h4-11,18H,3H2,1-2H3,(H2,22,23,26). The zero-order valence-electron chi connectivity index (χ0n) is 14.9. The molecule has 4 nitrogen and oxygen atoms in total. The largest absolute Gasteiger partial charge is 0.463 e. The molecule has 0 amide bonds. The summed E-state index contributed by atoms with van der Waals surface area (Å²) in [7, 11) is 0. The Morgan fingerprint density at radius 2 is 1.74 bits per heavy atom. The van der Waals surface area contributed by atoms with Gasteiger partial charge in [-0.3, -0.25) is 0 Å². The Morgan fingerprint density at radius 1 is 1.15 bits per heavy atom. The molecule has 1 aliphatic heterocycles. The lowest BCUT2D eigenvalue weighted by Crippen LogP contribution is -2.45. The quantitative estimate of drug-likeness (QED) is 0.573. The second kappa shape index (κ2) is 8.54. The number of carbonyl (C=O) groups excluding carboxylic acids is 1. The van der Waals surface area contributed by atoms with Crippen LogP contribution in [0, 0.1) is 5.82 Å². The van der Waals surface area contributed by atoms with Gasteiger partial charge in [0.25, 0.3) is 0 Å². The number of esters is 1. The van der Waals surface area contributed by atoms with Gasteiger partial charge in [0.15, 0.2) is 5.11 Å². The number of ether oxygens (including phenoxy) is 1. The van der Waals surface area contributed by atoms with Crippen LogP contribution in [0.4, 0.5) is 4.39 Å². The zero-order valence-corrected chi connectivity index (χ0v) is 16.5. The summed E-state index contributed by atoms with van der Waals surface area (Å²) in [5.74, 6) is -0.622. The SMILES string of the molecule is CCOC(=O)C1=C(C)NC(=S)NC1c1ccc(Sc2ccc(F)cc2)cc1. The van der Waals surface area contributed by atoms with Gasteiger partial charge in [-0.05, 0) is 68.0 Å². The number of rotatable bonds is 5. The lowest BCUT2D eigenvalue weighted by Gasteiger charge is -2.29. The number of hydrogen-bond donors (Lipinski definition) is 2. The number of hydrogen-bond acceptors (Lipinski definition) is 4. The average molecular weight is 403 g/mol. The van der Waals surface area contributed by atoms with Gasteiger partial charge in [-0.2, -0.15) is 0 Å². The van der Waals surface area contributed by atoms with Crippen molar-refractivity contribution in [2.45, 2.75) is 29.7 Å². The topological polar surface area (TPSA) is 50.4 Å². The summed E-state index contributed by atoms with van der Waals surface area (Å²) in [5, 5.41) is 6.59. The molecule has 0 aliphatic carbocycles. The molecule has 0 aromatic heterocycles. The molecule has 1 heterocycles. The van der Waals surface area contributed by atoms with Crippen molar-refractivity contribution in [3.8, 4) is 0 Å². The monoisotopic (exact) mass is 402 g/mol. The number of allylic oxidation sites excluding steroid dienone is 1. The first-order chi connectivity index (χ1) is 13.0. The summed E-state index contributed by atoms with van der Waals surface area (Å²) < 4.78 is 18.2. The van der Waals surface area contributed by atoms with Crippen molar-refractivity contribution in [2.24, 2.45) is 0 Å². The van der Waals surface area contributed by atoms with Crippen molar-refractivity contribution in [3.05, 3.63) is 71.2 Å². The van der Waals surface area contributed by atoms with Crippen molar-refractivity contribution in [3.63, 3.8) is 0 Å². The van der Waals surface area contributed by atoms with Crippen LogP contribution in [0.25, 0.3) is 0 Å². The maximum absolute atomic E-state index is 13.0. The van der Waals surface area contributed by atoms with Crippen LogP contribution in [-0.4, -0.2) is 17.7 Å². The summed E-state index contributed by atoms with van der Waals surface area (Å²) in [5.41, 5.74) is 2.11. The van der Waals surface area contributed by atoms with Gasteiger partial charge in [-0.25, -0.2) is 9.18 Å². The highest BCUT2D eigenvalue weighted by Crippen LogP contribution is 2.32. The first-order valence-electron chi connectivity index (χ1n) is 8.46. The smallest absolute Gasteiger partial charge is 0.338 e. The number of thiocarbonyl (C=S) groups is 1. The van der Waals surface area contributed by atoms with E-state index in [2.05, 4.69) is 10.6 Å². The molecule has 0 saturated carbocycles. The predicted octanol–water partition coefficient (Wildman–Crippen LogP) is 4.33. The molecule has 0 bridgehead atoms. The summed E-state index contributed by atoms with van der Waals surface area (Å²) in [6, 6.07) is 13.8. The van der Waals surface area contributed by atoms with Gasteiger partial charge < -0.3 is 15.4 Å². The van der Waals surface area contributed by atoms with Crippen LogP contribution in [-0.2, 0) is 9.53 Å². The fourth-order valence-electron chi connectivity index (χ4n) is 2.79. The Hall–Kier alpha value is -2.38. The molecule has 1 aliphatic rings. The van der Waals surface area contributed by atoms with E-state index in [-0.39, 0.29) is 17.8 Å². The van der Waals surface area contributed by atoms with Crippen molar-refractivity contribution >= 4 is 35.1 Å². The highest BCUT2D eigenvalue weighted by molar-refractivity contribution is 7.99. The van der Waals surface area contributed by atoms with Crippen LogP contribution in [0.1, 0.15) is 25.5 Å². The van der Waals surface area contributed by atoms with E-state index < -0.39 is 0 Å². The van der Waals surface area contributed by atoms with Crippen molar-refractivity contribution in [1.29, 1.82) is 0 Å². The van der Waals surface area contributed by atoms with E-state index in [1.165, 1.54) is 23.9 Å². The Balaban J connectivity index is 1.83.